The Bertz CT molecular complexity index is 739. The average Bonchev–Trinajstić information content (AvgIpc) is 2.60. The van der Waals surface area contributed by atoms with Gasteiger partial charge in [0, 0.05) is 12.2 Å². The monoisotopic (exact) mass is 386 g/mol. The minimum Gasteiger partial charge on any atom is -0.493 e. The Morgan fingerprint density at radius 2 is 2.04 bits per heavy atom. The van der Waals surface area contributed by atoms with Crippen LogP contribution in [0.4, 0.5) is 8.78 Å². The largest absolute Gasteiger partial charge is 0.493 e. The minimum atomic E-state index is -3.01. The lowest BCUT2D eigenvalue weighted by Gasteiger charge is -2.37. The van der Waals surface area contributed by atoms with E-state index in [-0.39, 0.29) is 11.5 Å². The van der Waals surface area contributed by atoms with Gasteiger partial charge in [-0.15, -0.1) is 0 Å². The number of rotatable bonds is 6. The maximum Gasteiger partial charge on any atom is 0.387 e. The van der Waals surface area contributed by atoms with Crippen LogP contribution in [0.15, 0.2) is 29.5 Å². The molecule has 0 bridgehead atoms. The molecule has 2 rings (SSSR count). The molecule has 142 valence electrons. The lowest BCUT2D eigenvalue weighted by Crippen LogP contribution is -2.47. The third-order valence-corrected chi connectivity index (χ3v) is 4.39. The molecule has 26 heavy (non-hydrogen) atoms. The molecule has 0 fully saturated rings. The molecule has 0 saturated carbocycles. The molecular formula is C17H20F2N2O4S. The summed E-state index contributed by atoms with van der Waals surface area (Å²) in [6, 6.07) is 3.87. The number of ether oxygens (including phenoxy) is 3. The van der Waals surface area contributed by atoms with Crippen LogP contribution in [-0.2, 0) is 9.53 Å². The van der Waals surface area contributed by atoms with Gasteiger partial charge in [0.2, 0.25) is 0 Å². The number of allylic oxidation sites excluding steroid dienone is 1. The number of hydrogen-bond acceptors (Lipinski definition) is 5. The van der Waals surface area contributed by atoms with Gasteiger partial charge in [-0.1, -0.05) is 6.07 Å². The topological polar surface area (TPSA) is 60.0 Å². The van der Waals surface area contributed by atoms with Crippen LogP contribution < -0.4 is 14.8 Å². The summed E-state index contributed by atoms with van der Waals surface area (Å²) >= 11 is 5.36. The molecule has 0 saturated heterocycles. The quantitative estimate of drug-likeness (QED) is 0.596. The number of methoxy groups -OCH3 is 2. The van der Waals surface area contributed by atoms with Crippen LogP contribution in [0.1, 0.15) is 25.5 Å². The first-order chi connectivity index (χ1) is 12.3. The molecule has 0 spiro atoms. The van der Waals surface area contributed by atoms with Crippen LogP contribution in [-0.4, -0.2) is 43.4 Å². The molecule has 0 radical (unpaired) electrons. The van der Waals surface area contributed by atoms with Crippen LogP contribution in [0.25, 0.3) is 0 Å². The van der Waals surface area contributed by atoms with E-state index >= 15 is 0 Å². The molecule has 0 unspecified atom stereocenters. The summed E-state index contributed by atoms with van der Waals surface area (Å²) in [5.74, 6) is -0.511. The number of esters is 1. The van der Waals surface area contributed by atoms with Crippen LogP contribution >= 0.6 is 12.2 Å². The first-order valence-electron chi connectivity index (χ1n) is 7.83. The van der Waals surface area contributed by atoms with Crippen molar-refractivity contribution >= 4 is 23.3 Å². The molecule has 0 aromatic heterocycles. The SMILES string of the molecule is CCN1C(=S)N[C@H](c2ccc(OC)c(OC(F)F)c2)C(C(=O)OC)=C1C. The molecule has 0 amide bonds. The number of carbonyl (C=O) groups excluding carboxylic acids is 1. The first-order valence-corrected chi connectivity index (χ1v) is 8.24. The Morgan fingerprint density at radius 3 is 2.58 bits per heavy atom. The summed E-state index contributed by atoms with van der Waals surface area (Å²) in [7, 11) is 2.63. The second-order valence-corrected chi connectivity index (χ2v) is 5.79. The summed E-state index contributed by atoms with van der Waals surface area (Å²) in [4.78, 5) is 14.1. The van der Waals surface area contributed by atoms with Crippen molar-refractivity contribution in [2.75, 3.05) is 20.8 Å². The molecule has 9 heteroatoms. The normalized spacial score (nSPS) is 17.3. The predicted octanol–water partition coefficient (Wildman–Crippen LogP) is 2.99. The average molecular weight is 386 g/mol. The number of hydrogen-bond donors (Lipinski definition) is 1. The van der Waals surface area contributed by atoms with E-state index in [0.29, 0.717) is 28.5 Å². The van der Waals surface area contributed by atoms with E-state index in [2.05, 4.69) is 10.1 Å². The zero-order valence-electron chi connectivity index (χ0n) is 14.8. The maximum atomic E-state index is 12.7. The molecule has 1 aromatic carbocycles. The molecule has 1 N–H and O–H groups in total. The number of halogens is 2. The highest BCUT2D eigenvalue weighted by molar-refractivity contribution is 7.80. The van der Waals surface area contributed by atoms with Crippen molar-refractivity contribution in [3.8, 4) is 11.5 Å². The minimum absolute atomic E-state index is 0.132. The molecule has 0 aliphatic carbocycles. The van der Waals surface area contributed by atoms with Gasteiger partial charge in [-0.05, 0) is 43.8 Å². The standard InChI is InChI=1S/C17H20F2N2O4S/c1-5-21-9(2)13(15(22)24-4)14(20-17(21)26)10-6-7-11(23-3)12(8-10)25-16(18)19/h6-8,14,16H,5H2,1-4H3,(H,20,26)/t14-/m1/s1. The smallest absolute Gasteiger partial charge is 0.387 e. The zero-order valence-corrected chi connectivity index (χ0v) is 15.7. The number of nitrogens with one attached hydrogen (secondary N) is 1. The van der Waals surface area contributed by atoms with Gasteiger partial charge in [0.25, 0.3) is 0 Å². The number of thiocarbonyl (C=S) groups is 1. The second kappa shape index (κ2) is 8.31. The van der Waals surface area contributed by atoms with Gasteiger partial charge in [-0.3, -0.25) is 0 Å². The Morgan fingerprint density at radius 1 is 1.35 bits per heavy atom. The molecule has 1 heterocycles. The van der Waals surface area contributed by atoms with E-state index in [1.807, 2.05) is 6.92 Å². The van der Waals surface area contributed by atoms with E-state index < -0.39 is 18.6 Å². The Balaban J connectivity index is 2.56. The van der Waals surface area contributed by atoms with E-state index in [0.717, 1.165) is 0 Å². The van der Waals surface area contributed by atoms with Crippen LogP contribution in [0.5, 0.6) is 11.5 Å². The fourth-order valence-electron chi connectivity index (χ4n) is 2.85. The summed E-state index contributed by atoms with van der Waals surface area (Å²) in [6.45, 7) is 1.21. The number of benzene rings is 1. The lowest BCUT2D eigenvalue weighted by molar-refractivity contribution is -0.136. The van der Waals surface area contributed by atoms with E-state index in [4.69, 9.17) is 21.7 Å². The lowest BCUT2D eigenvalue weighted by atomic mass is 9.94. The summed E-state index contributed by atoms with van der Waals surface area (Å²) in [5.41, 5.74) is 1.50. The van der Waals surface area contributed by atoms with Gasteiger partial charge < -0.3 is 24.4 Å². The van der Waals surface area contributed by atoms with Gasteiger partial charge in [0.05, 0.1) is 25.8 Å². The van der Waals surface area contributed by atoms with Crippen molar-refractivity contribution in [2.24, 2.45) is 0 Å². The van der Waals surface area contributed by atoms with Crippen molar-refractivity contribution in [1.29, 1.82) is 0 Å². The highest BCUT2D eigenvalue weighted by atomic mass is 32.1. The van der Waals surface area contributed by atoms with Crippen LogP contribution in [0, 0.1) is 0 Å². The number of nitrogens with zero attached hydrogens (tertiary/aromatic N) is 1. The van der Waals surface area contributed by atoms with Gasteiger partial charge in [0.15, 0.2) is 16.6 Å². The van der Waals surface area contributed by atoms with Gasteiger partial charge in [0.1, 0.15) is 0 Å². The van der Waals surface area contributed by atoms with Crippen molar-refractivity contribution in [3.05, 3.63) is 35.0 Å². The highest BCUT2D eigenvalue weighted by Gasteiger charge is 2.34. The van der Waals surface area contributed by atoms with Gasteiger partial charge >= 0.3 is 12.6 Å². The van der Waals surface area contributed by atoms with E-state index in [1.54, 1.807) is 17.9 Å². The molecular weight excluding hydrogens is 366 g/mol. The van der Waals surface area contributed by atoms with Crippen molar-refractivity contribution in [2.45, 2.75) is 26.5 Å². The molecule has 1 aromatic rings. The maximum absolute atomic E-state index is 12.7. The zero-order chi connectivity index (χ0) is 19.4. The van der Waals surface area contributed by atoms with Gasteiger partial charge in [-0.2, -0.15) is 8.78 Å². The van der Waals surface area contributed by atoms with Crippen LogP contribution in [0.2, 0.25) is 0 Å². The summed E-state index contributed by atoms with van der Waals surface area (Å²) < 4.78 is 39.8. The van der Waals surface area contributed by atoms with Crippen molar-refractivity contribution in [1.82, 2.24) is 10.2 Å². The van der Waals surface area contributed by atoms with Crippen LogP contribution in [0.3, 0.4) is 0 Å². The third kappa shape index (κ3) is 3.87. The number of alkyl halides is 2. The fourth-order valence-corrected chi connectivity index (χ4v) is 3.23. The molecule has 6 nitrogen and oxygen atoms in total. The Hall–Kier alpha value is -2.42. The molecule has 1 aliphatic heterocycles. The molecule has 1 aliphatic rings. The summed E-state index contributed by atoms with van der Waals surface area (Å²) in [6.07, 6.45) is 0. The van der Waals surface area contributed by atoms with Crippen molar-refractivity contribution in [3.63, 3.8) is 0 Å². The van der Waals surface area contributed by atoms with E-state index in [9.17, 15) is 13.6 Å². The van der Waals surface area contributed by atoms with Crippen molar-refractivity contribution < 1.29 is 27.8 Å². The Labute approximate surface area is 155 Å². The van der Waals surface area contributed by atoms with E-state index in [1.165, 1.54) is 26.4 Å². The fraction of sp³-hybridized carbons (Fsp3) is 0.412. The summed E-state index contributed by atoms with van der Waals surface area (Å²) in [5, 5.41) is 3.49. The molecule has 1 atom stereocenters. The number of carbonyl (C=O) groups is 1. The predicted molar refractivity (Wildman–Crippen MR) is 95.2 cm³/mol. The first kappa shape index (κ1) is 19.9. The van der Waals surface area contributed by atoms with Gasteiger partial charge in [-0.25, -0.2) is 4.79 Å². The highest BCUT2D eigenvalue weighted by Crippen LogP contribution is 2.36. The Kier molecular flexibility index (Phi) is 6.36. The second-order valence-electron chi connectivity index (χ2n) is 5.41. The third-order valence-electron chi connectivity index (χ3n) is 4.05.